The maximum absolute atomic E-state index is 10.6. The van der Waals surface area contributed by atoms with E-state index in [1.54, 1.807) is 31.0 Å². The fraction of sp³-hybridized carbons (Fsp3) is 0.125. The third-order valence-corrected chi connectivity index (χ3v) is 4.99. The van der Waals surface area contributed by atoms with Crippen molar-refractivity contribution in [3.05, 3.63) is 59.5 Å². The molecule has 2 aromatic heterocycles. The van der Waals surface area contributed by atoms with Gasteiger partial charge in [-0.25, -0.2) is 13.6 Å². The standard InChI is InChI=1S/C11H9ClOS.C5H7NO3S/c1-14-11-5-4-8(12)7-9(11)10-3-2-6-13-10;1-4-2-3-9-5(4)10(6,7)8/h2-7H,1H3;2-3H,1H3,(H2,6,7,8). The second-order valence-corrected chi connectivity index (χ2v) is 7.50. The normalized spacial score (nSPS) is 11.0. The van der Waals surface area contributed by atoms with E-state index in [0.29, 0.717) is 5.56 Å². The van der Waals surface area contributed by atoms with Crippen LogP contribution in [0.25, 0.3) is 11.3 Å². The lowest BCUT2D eigenvalue weighted by atomic mass is 10.2. The van der Waals surface area contributed by atoms with E-state index in [1.165, 1.54) is 11.2 Å². The van der Waals surface area contributed by atoms with Crippen LogP contribution in [-0.2, 0) is 10.0 Å². The van der Waals surface area contributed by atoms with Gasteiger partial charge in [-0.1, -0.05) is 11.6 Å². The van der Waals surface area contributed by atoms with Crippen molar-refractivity contribution in [1.82, 2.24) is 0 Å². The molecule has 0 saturated heterocycles. The molecule has 0 saturated carbocycles. The molecule has 8 heteroatoms. The first-order valence-corrected chi connectivity index (χ1v) is 9.92. The number of aryl methyl sites for hydroxylation is 1. The first kappa shape index (κ1) is 18.7. The molecule has 0 amide bonds. The zero-order valence-electron chi connectivity index (χ0n) is 13.0. The number of furan rings is 2. The second-order valence-electron chi connectivity index (χ2n) is 4.76. The molecule has 0 fully saturated rings. The van der Waals surface area contributed by atoms with Gasteiger partial charge in [0, 0.05) is 21.0 Å². The van der Waals surface area contributed by atoms with E-state index in [-0.39, 0.29) is 5.09 Å². The second kappa shape index (κ2) is 7.94. The molecule has 24 heavy (non-hydrogen) atoms. The van der Waals surface area contributed by atoms with Crippen molar-refractivity contribution in [3.8, 4) is 11.3 Å². The number of thioether (sulfide) groups is 1. The molecule has 5 nitrogen and oxygen atoms in total. The SMILES string of the molecule is CSc1ccc(Cl)cc1-c1ccco1.Cc1ccoc1S(N)(=O)=O. The third kappa shape index (κ3) is 4.67. The molecule has 0 atom stereocenters. The lowest BCUT2D eigenvalue weighted by Gasteiger charge is -2.04. The highest BCUT2D eigenvalue weighted by atomic mass is 35.5. The minimum atomic E-state index is -3.66. The van der Waals surface area contributed by atoms with Crippen LogP contribution >= 0.6 is 23.4 Å². The van der Waals surface area contributed by atoms with Gasteiger partial charge in [0.15, 0.2) is 0 Å². The maximum Gasteiger partial charge on any atom is 0.271 e. The quantitative estimate of drug-likeness (QED) is 0.668. The molecule has 3 aromatic rings. The van der Waals surface area contributed by atoms with Gasteiger partial charge in [-0.05, 0) is 49.6 Å². The molecule has 2 heterocycles. The summed E-state index contributed by atoms with van der Waals surface area (Å²) in [4.78, 5) is 1.17. The minimum Gasteiger partial charge on any atom is -0.464 e. The molecular weight excluding hydrogens is 370 g/mol. The molecular formula is C16H16ClNO4S2. The van der Waals surface area contributed by atoms with E-state index in [9.17, 15) is 8.42 Å². The van der Waals surface area contributed by atoms with Crippen LogP contribution in [0.4, 0.5) is 0 Å². The Labute approximate surface area is 149 Å². The van der Waals surface area contributed by atoms with Crippen molar-refractivity contribution >= 4 is 33.4 Å². The monoisotopic (exact) mass is 385 g/mol. The third-order valence-electron chi connectivity index (χ3n) is 3.02. The van der Waals surface area contributed by atoms with Gasteiger partial charge in [0.05, 0.1) is 12.5 Å². The summed E-state index contributed by atoms with van der Waals surface area (Å²) in [6.07, 6.45) is 4.99. The molecule has 0 radical (unpaired) electrons. The largest absolute Gasteiger partial charge is 0.464 e. The Morgan fingerprint density at radius 1 is 1.12 bits per heavy atom. The number of hydrogen-bond donors (Lipinski definition) is 1. The van der Waals surface area contributed by atoms with Gasteiger partial charge in [0.2, 0.25) is 5.09 Å². The Bertz CT molecular complexity index is 902. The Kier molecular flexibility index (Phi) is 6.17. The number of benzene rings is 1. The summed E-state index contributed by atoms with van der Waals surface area (Å²) in [6.45, 7) is 1.61. The van der Waals surface area contributed by atoms with Crippen LogP contribution in [0.5, 0.6) is 0 Å². The topological polar surface area (TPSA) is 86.4 Å². The molecule has 2 N–H and O–H groups in total. The molecule has 128 valence electrons. The van der Waals surface area contributed by atoms with E-state index in [4.69, 9.17) is 21.2 Å². The lowest BCUT2D eigenvalue weighted by molar-refractivity contribution is 0.447. The summed E-state index contributed by atoms with van der Waals surface area (Å²) in [6, 6.07) is 11.2. The minimum absolute atomic E-state index is 0.160. The Morgan fingerprint density at radius 3 is 2.33 bits per heavy atom. The first-order chi connectivity index (χ1) is 11.3. The van der Waals surface area contributed by atoms with Crippen molar-refractivity contribution in [2.75, 3.05) is 6.26 Å². The van der Waals surface area contributed by atoms with Gasteiger partial charge in [0.25, 0.3) is 10.0 Å². The molecule has 1 aromatic carbocycles. The average Bonchev–Trinajstić information content (AvgIpc) is 3.18. The Hall–Kier alpha value is -1.67. The van der Waals surface area contributed by atoms with E-state index < -0.39 is 10.0 Å². The maximum atomic E-state index is 10.6. The molecule has 0 unspecified atom stereocenters. The van der Waals surface area contributed by atoms with Crippen LogP contribution in [0, 0.1) is 6.92 Å². The fourth-order valence-corrected chi connectivity index (χ4v) is 3.42. The Morgan fingerprint density at radius 2 is 1.88 bits per heavy atom. The summed E-state index contributed by atoms with van der Waals surface area (Å²) >= 11 is 7.62. The van der Waals surface area contributed by atoms with Gasteiger partial charge in [-0.2, -0.15) is 0 Å². The smallest absolute Gasteiger partial charge is 0.271 e. The van der Waals surface area contributed by atoms with Crippen molar-refractivity contribution in [3.63, 3.8) is 0 Å². The molecule has 0 aliphatic heterocycles. The first-order valence-electron chi connectivity index (χ1n) is 6.77. The number of primary sulfonamides is 1. The van der Waals surface area contributed by atoms with Crippen LogP contribution in [0.3, 0.4) is 0 Å². The highest BCUT2D eigenvalue weighted by Crippen LogP contribution is 2.32. The van der Waals surface area contributed by atoms with E-state index in [2.05, 4.69) is 4.42 Å². The number of nitrogens with two attached hydrogens (primary N) is 1. The number of rotatable bonds is 3. The van der Waals surface area contributed by atoms with Crippen LogP contribution in [-0.4, -0.2) is 14.7 Å². The molecule has 0 aliphatic rings. The molecule has 0 aliphatic carbocycles. The van der Waals surface area contributed by atoms with Crippen LogP contribution < -0.4 is 5.14 Å². The zero-order valence-corrected chi connectivity index (χ0v) is 15.4. The molecule has 0 bridgehead atoms. The highest BCUT2D eigenvalue weighted by molar-refractivity contribution is 7.98. The van der Waals surface area contributed by atoms with E-state index in [1.807, 2.05) is 36.6 Å². The van der Waals surface area contributed by atoms with Gasteiger partial charge in [-0.15, -0.1) is 11.8 Å². The van der Waals surface area contributed by atoms with Crippen molar-refractivity contribution < 1.29 is 17.3 Å². The highest BCUT2D eigenvalue weighted by Gasteiger charge is 2.13. The van der Waals surface area contributed by atoms with Crippen LogP contribution in [0.2, 0.25) is 5.02 Å². The number of sulfonamides is 1. The van der Waals surface area contributed by atoms with Crippen molar-refractivity contribution in [2.24, 2.45) is 5.14 Å². The van der Waals surface area contributed by atoms with Gasteiger partial charge in [-0.3, -0.25) is 0 Å². The predicted molar refractivity (Wildman–Crippen MR) is 95.8 cm³/mol. The van der Waals surface area contributed by atoms with E-state index in [0.717, 1.165) is 16.3 Å². The van der Waals surface area contributed by atoms with Crippen molar-refractivity contribution in [1.29, 1.82) is 0 Å². The number of halogens is 1. The fourth-order valence-electron chi connectivity index (χ4n) is 1.95. The van der Waals surface area contributed by atoms with Gasteiger partial charge >= 0.3 is 0 Å². The van der Waals surface area contributed by atoms with Gasteiger partial charge < -0.3 is 8.83 Å². The predicted octanol–water partition coefficient (Wildman–Crippen LogP) is 4.56. The van der Waals surface area contributed by atoms with E-state index >= 15 is 0 Å². The molecule has 3 rings (SSSR count). The van der Waals surface area contributed by atoms with Crippen LogP contribution in [0.15, 0.2) is 67.7 Å². The average molecular weight is 386 g/mol. The molecule has 0 spiro atoms. The van der Waals surface area contributed by atoms with Crippen LogP contribution in [0.1, 0.15) is 5.56 Å². The summed E-state index contributed by atoms with van der Waals surface area (Å²) in [5, 5.41) is 5.35. The zero-order chi connectivity index (χ0) is 17.7. The lowest BCUT2D eigenvalue weighted by Crippen LogP contribution is -2.11. The summed E-state index contributed by atoms with van der Waals surface area (Å²) in [7, 11) is -3.66. The number of hydrogen-bond acceptors (Lipinski definition) is 5. The summed E-state index contributed by atoms with van der Waals surface area (Å²) in [5.74, 6) is 0.858. The Balaban J connectivity index is 0.000000185. The van der Waals surface area contributed by atoms with Crippen molar-refractivity contribution in [2.45, 2.75) is 16.9 Å². The summed E-state index contributed by atoms with van der Waals surface area (Å²) < 4.78 is 31.2. The van der Waals surface area contributed by atoms with Gasteiger partial charge in [0.1, 0.15) is 5.76 Å². The summed E-state index contributed by atoms with van der Waals surface area (Å²) in [5.41, 5.74) is 1.58.